The van der Waals surface area contributed by atoms with E-state index in [4.69, 9.17) is 0 Å². The van der Waals surface area contributed by atoms with E-state index >= 15 is 0 Å². The highest BCUT2D eigenvalue weighted by molar-refractivity contribution is 6.24. The number of hydrogen-bond donors (Lipinski definition) is 0. The van der Waals surface area contributed by atoms with Crippen LogP contribution in [0.25, 0.3) is 82.1 Å². The summed E-state index contributed by atoms with van der Waals surface area (Å²) in [5.41, 5.74) is 11.8. The van der Waals surface area contributed by atoms with Gasteiger partial charge in [0.25, 0.3) is 0 Å². The number of fused-ring (bicyclic) bond motifs is 6. The van der Waals surface area contributed by atoms with Crippen molar-refractivity contribution in [1.29, 1.82) is 0 Å². The van der Waals surface area contributed by atoms with Gasteiger partial charge < -0.3 is 4.57 Å². The molecule has 1 heteroatoms. The monoisotopic (exact) mass is 559 g/mol. The van der Waals surface area contributed by atoms with Crippen molar-refractivity contribution < 1.29 is 0 Å². The Morgan fingerprint density at radius 1 is 0.432 bits per heavy atom. The standard InChI is InChI=1S/C43H29N/c1-43(2)37-12-6-3-9-33(37)34-20-19-26(25-38(34)43)31-21-27-15-17-29-23-32(24-30-18-16-28(22-31)41(27)42(29)30)44-39-13-7-4-10-35(39)36-11-5-8-14-40(36)44/h3-25H,1-2H3. The van der Waals surface area contributed by atoms with E-state index in [1.165, 1.54) is 93.2 Å². The van der Waals surface area contributed by atoms with E-state index in [0.717, 1.165) is 0 Å². The quantitative estimate of drug-likeness (QED) is 0.186. The van der Waals surface area contributed by atoms with Crippen molar-refractivity contribution in [2.45, 2.75) is 19.3 Å². The van der Waals surface area contributed by atoms with Crippen molar-refractivity contribution in [1.82, 2.24) is 4.57 Å². The van der Waals surface area contributed by atoms with E-state index in [9.17, 15) is 0 Å². The highest BCUT2D eigenvalue weighted by atomic mass is 15.0. The highest BCUT2D eigenvalue weighted by Crippen LogP contribution is 2.50. The van der Waals surface area contributed by atoms with Crippen molar-refractivity contribution in [2.75, 3.05) is 0 Å². The molecule has 1 aliphatic rings. The van der Waals surface area contributed by atoms with E-state index < -0.39 is 0 Å². The predicted molar refractivity (Wildman–Crippen MR) is 187 cm³/mol. The third-order valence-electron chi connectivity index (χ3n) is 10.3. The molecular weight excluding hydrogens is 530 g/mol. The molecule has 1 heterocycles. The third-order valence-corrected chi connectivity index (χ3v) is 10.3. The Hall–Kier alpha value is -5.40. The van der Waals surface area contributed by atoms with Crippen LogP contribution in [-0.4, -0.2) is 4.57 Å². The second-order valence-electron chi connectivity index (χ2n) is 13.0. The third kappa shape index (κ3) is 3.09. The maximum absolute atomic E-state index is 2.43. The molecule has 1 aromatic heterocycles. The Kier molecular flexibility index (Phi) is 4.58. The minimum Gasteiger partial charge on any atom is -0.309 e. The molecule has 0 atom stereocenters. The molecule has 10 rings (SSSR count). The van der Waals surface area contributed by atoms with Crippen LogP contribution in [0.4, 0.5) is 0 Å². The fraction of sp³-hybridized carbons (Fsp3) is 0.0698. The zero-order valence-corrected chi connectivity index (χ0v) is 24.7. The zero-order chi connectivity index (χ0) is 29.2. The average Bonchev–Trinajstić information content (AvgIpc) is 3.52. The van der Waals surface area contributed by atoms with Crippen LogP contribution in [0.5, 0.6) is 0 Å². The first-order chi connectivity index (χ1) is 21.6. The van der Waals surface area contributed by atoms with Crippen molar-refractivity contribution in [3.05, 3.63) is 151 Å². The minimum atomic E-state index is -0.00780. The fourth-order valence-corrected chi connectivity index (χ4v) is 8.20. The summed E-state index contributed by atoms with van der Waals surface area (Å²) in [5.74, 6) is 0. The van der Waals surface area contributed by atoms with E-state index in [1.807, 2.05) is 0 Å². The first kappa shape index (κ1) is 24.1. The van der Waals surface area contributed by atoms with Gasteiger partial charge >= 0.3 is 0 Å². The smallest absolute Gasteiger partial charge is 0.0541 e. The Balaban J connectivity index is 1.16. The summed E-state index contributed by atoms with van der Waals surface area (Å²) in [7, 11) is 0. The Morgan fingerprint density at radius 2 is 0.955 bits per heavy atom. The van der Waals surface area contributed by atoms with Gasteiger partial charge in [-0.15, -0.1) is 0 Å². The number of benzene rings is 8. The summed E-state index contributed by atoms with van der Waals surface area (Å²) in [6.45, 7) is 4.71. The van der Waals surface area contributed by atoms with Gasteiger partial charge in [-0.2, -0.15) is 0 Å². The molecule has 0 bridgehead atoms. The lowest BCUT2D eigenvalue weighted by molar-refractivity contribution is 0.660. The average molecular weight is 560 g/mol. The molecule has 1 aliphatic carbocycles. The predicted octanol–water partition coefficient (Wildman–Crippen LogP) is 11.7. The van der Waals surface area contributed by atoms with Crippen LogP contribution in [0, 0.1) is 0 Å². The SMILES string of the molecule is CC1(C)c2ccccc2-c2ccc(-c3cc4ccc5cc(-n6c7ccccc7c7ccccc76)cc6ccc(c3)c4c56)cc21. The molecule has 0 unspecified atom stereocenters. The second-order valence-corrected chi connectivity index (χ2v) is 13.0. The summed E-state index contributed by atoms with van der Waals surface area (Å²) in [4.78, 5) is 0. The fourth-order valence-electron chi connectivity index (χ4n) is 8.20. The first-order valence-corrected chi connectivity index (χ1v) is 15.5. The van der Waals surface area contributed by atoms with E-state index in [2.05, 4.69) is 158 Å². The maximum atomic E-state index is 2.43. The van der Waals surface area contributed by atoms with Gasteiger partial charge in [0.15, 0.2) is 0 Å². The molecule has 0 radical (unpaired) electrons. The molecule has 0 fully saturated rings. The van der Waals surface area contributed by atoms with Crippen LogP contribution in [0.2, 0.25) is 0 Å². The summed E-state index contributed by atoms with van der Waals surface area (Å²) in [5, 5.41) is 10.4. The molecular formula is C43H29N. The van der Waals surface area contributed by atoms with Gasteiger partial charge in [0, 0.05) is 21.9 Å². The largest absolute Gasteiger partial charge is 0.309 e. The summed E-state index contributed by atoms with van der Waals surface area (Å²) < 4.78 is 2.42. The number of nitrogens with zero attached hydrogens (tertiary/aromatic N) is 1. The molecule has 206 valence electrons. The molecule has 0 N–H and O–H groups in total. The lowest BCUT2D eigenvalue weighted by Gasteiger charge is -2.22. The summed E-state index contributed by atoms with van der Waals surface area (Å²) >= 11 is 0. The maximum Gasteiger partial charge on any atom is 0.0541 e. The van der Waals surface area contributed by atoms with Crippen LogP contribution in [0.1, 0.15) is 25.0 Å². The molecule has 44 heavy (non-hydrogen) atoms. The number of aromatic nitrogens is 1. The Bertz CT molecular complexity index is 2510. The lowest BCUT2D eigenvalue weighted by atomic mass is 9.81. The Labute approximate surface area is 255 Å². The van der Waals surface area contributed by atoms with E-state index in [0.29, 0.717) is 0 Å². The van der Waals surface area contributed by atoms with Gasteiger partial charge in [0.1, 0.15) is 0 Å². The van der Waals surface area contributed by atoms with Gasteiger partial charge in [-0.1, -0.05) is 111 Å². The summed E-state index contributed by atoms with van der Waals surface area (Å²) in [6, 6.07) is 52.2. The van der Waals surface area contributed by atoms with Crippen molar-refractivity contribution in [3.63, 3.8) is 0 Å². The van der Waals surface area contributed by atoms with Gasteiger partial charge in [-0.3, -0.25) is 0 Å². The van der Waals surface area contributed by atoms with E-state index in [-0.39, 0.29) is 5.41 Å². The van der Waals surface area contributed by atoms with Gasteiger partial charge in [0.2, 0.25) is 0 Å². The summed E-state index contributed by atoms with van der Waals surface area (Å²) in [6.07, 6.45) is 0. The Morgan fingerprint density at radius 3 is 1.59 bits per heavy atom. The van der Waals surface area contributed by atoms with Crippen LogP contribution in [0.3, 0.4) is 0 Å². The molecule has 0 spiro atoms. The van der Waals surface area contributed by atoms with Crippen LogP contribution >= 0.6 is 0 Å². The van der Waals surface area contributed by atoms with E-state index in [1.54, 1.807) is 0 Å². The van der Waals surface area contributed by atoms with Gasteiger partial charge in [0.05, 0.1) is 11.0 Å². The normalized spacial score (nSPS) is 13.9. The van der Waals surface area contributed by atoms with Crippen LogP contribution in [-0.2, 0) is 5.41 Å². The number of para-hydroxylation sites is 2. The molecule has 9 aromatic rings. The zero-order valence-electron chi connectivity index (χ0n) is 24.7. The van der Waals surface area contributed by atoms with Crippen LogP contribution in [0.15, 0.2) is 140 Å². The number of rotatable bonds is 2. The van der Waals surface area contributed by atoms with Gasteiger partial charge in [-0.05, 0) is 108 Å². The molecule has 1 nitrogen and oxygen atoms in total. The lowest BCUT2D eigenvalue weighted by Crippen LogP contribution is -2.14. The molecule has 0 saturated carbocycles. The molecule has 0 aliphatic heterocycles. The van der Waals surface area contributed by atoms with Crippen molar-refractivity contribution in [2.24, 2.45) is 0 Å². The second kappa shape index (κ2) is 8.36. The minimum absolute atomic E-state index is 0.00780. The molecule has 0 amide bonds. The number of hydrogen-bond acceptors (Lipinski definition) is 0. The van der Waals surface area contributed by atoms with Crippen LogP contribution < -0.4 is 0 Å². The van der Waals surface area contributed by atoms with Gasteiger partial charge in [-0.25, -0.2) is 0 Å². The topological polar surface area (TPSA) is 4.93 Å². The first-order valence-electron chi connectivity index (χ1n) is 15.5. The molecule has 0 saturated heterocycles. The molecule has 8 aromatic carbocycles. The van der Waals surface area contributed by atoms with Crippen molar-refractivity contribution >= 4 is 54.1 Å². The highest BCUT2D eigenvalue weighted by Gasteiger charge is 2.35. The van der Waals surface area contributed by atoms with Crippen molar-refractivity contribution in [3.8, 4) is 27.9 Å².